The lowest BCUT2D eigenvalue weighted by atomic mass is 9.70. The van der Waals surface area contributed by atoms with Gasteiger partial charge < -0.3 is 14.8 Å². The second-order valence-corrected chi connectivity index (χ2v) is 7.40. The quantitative estimate of drug-likeness (QED) is 0.766. The Hall–Kier alpha value is -1.63. The van der Waals surface area contributed by atoms with Crippen molar-refractivity contribution in [2.24, 2.45) is 11.8 Å². The maximum absolute atomic E-state index is 12.4. The molecule has 136 valence electrons. The average Bonchev–Trinajstić information content (AvgIpc) is 3.11. The van der Waals surface area contributed by atoms with Crippen molar-refractivity contribution in [1.82, 2.24) is 10.9 Å². The Morgan fingerprint density at radius 1 is 1.16 bits per heavy atom. The molecule has 2 aliphatic heterocycles. The molecular formula is C19H27N3O3. The predicted molar refractivity (Wildman–Crippen MR) is 95.2 cm³/mol. The van der Waals surface area contributed by atoms with E-state index < -0.39 is 0 Å². The first-order valence-electron chi connectivity index (χ1n) is 9.16. The third kappa shape index (κ3) is 3.14. The van der Waals surface area contributed by atoms with Crippen LogP contribution in [0.4, 0.5) is 5.69 Å². The molecule has 0 bridgehead atoms. The van der Waals surface area contributed by atoms with Crippen molar-refractivity contribution in [3.8, 4) is 0 Å². The molecule has 5 unspecified atom stereocenters. The molecule has 3 N–H and O–H groups in total. The SMILES string of the molecule is COC1CC2C(=O)NNC(Cc3ccc4c(c3)CCN4)C2CC1OC. The van der Waals surface area contributed by atoms with Crippen LogP contribution >= 0.6 is 0 Å². The molecular weight excluding hydrogens is 318 g/mol. The maximum Gasteiger partial charge on any atom is 0.237 e. The van der Waals surface area contributed by atoms with Gasteiger partial charge >= 0.3 is 0 Å². The number of hydrogen-bond donors (Lipinski definition) is 3. The molecule has 0 radical (unpaired) electrons. The van der Waals surface area contributed by atoms with E-state index >= 15 is 0 Å². The molecule has 1 amide bonds. The molecule has 25 heavy (non-hydrogen) atoms. The Labute approximate surface area is 148 Å². The average molecular weight is 345 g/mol. The number of ether oxygens (including phenoxy) is 2. The minimum atomic E-state index is -0.0151. The molecule has 6 heteroatoms. The van der Waals surface area contributed by atoms with Gasteiger partial charge in [0.25, 0.3) is 0 Å². The number of carbonyl (C=O) groups is 1. The summed E-state index contributed by atoms with van der Waals surface area (Å²) in [5, 5.41) is 3.40. The molecule has 0 spiro atoms. The Morgan fingerprint density at radius 2 is 1.96 bits per heavy atom. The van der Waals surface area contributed by atoms with Gasteiger partial charge in [-0.05, 0) is 48.8 Å². The molecule has 2 fully saturated rings. The second-order valence-electron chi connectivity index (χ2n) is 7.40. The van der Waals surface area contributed by atoms with Gasteiger partial charge in [0.05, 0.1) is 12.2 Å². The van der Waals surface area contributed by atoms with Gasteiger partial charge in [-0.2, -0.15) is 0 Å². The second kappa shape index (κ2) is 6.94. The van der Waals surface area contributed by atoms with E-state index in [0.29, 0.717) is 0 Å². The summed E-state index contributed by atoms with van der Waals surface area (Å²) in [5.41, 5.74) is 10.1. The summed E-state index contributed by atoms with van der Waals surface area (Å²) in [5.74, 6) is 0.325. The maximum atomic E-state index is 12.4. The van der Waals surface area contributed by atoms with Gasteiger partial charge in [-0.15, -0.1) is 0 Å². The lowest BCUT2D eigenvalue weighted by molar-refractivity contribution is -0.145. The van der Waals surface area contributed by atoms with Gasteiger partial charge in [-0.3, -0.25) is 10.2 Å². The van der Waals surface area contributed by atoms with E-state index in [4.69, 9.17) is 9.47 Å². The Kier molecular flexibility index (Phi) is 4.67. The minimum Gasteiger partial charge on any atom is -0.384 e. The molecule has 4 rings (SSSR count). The summed E-state index contributed by atoms with van der Waals surface area (Å²) < 4.78 is 11.2. The highest BCUT2D eigenvalue weighted by Gasteiger charge is 2.46. The Morgan fingerprint density at radius 3 is 2.76 bits per heavy atom. The van der Waals surface area contributed by atoms with Crippen molar-refractivity contribution in [2.75, 3.05) is 26.1 Å². The van der Waals surface area contributed by atoms with Crippen LogP contribution in [0.2, 0.25) is 0 Å². The summed E-state index contributed by atoms with van der Waals surface area (Å²) in [4.78, 5) is 12.4. The van der Waals surface area contributed by atoms with Crippen LogP contribution in [0.25, 0.3) is 0 Å². The Balaban J connectivity index is 1.52. The number of benzene rings is 1. The van der Waals surface area contributed by atoms with E-state index in [1.807, 2.05) is 0 Å². The van der Waals surface area contributed by atoms with Crippen LogP contribution in [0.5, 0.6) is 0 Å². The number of carbonyl (C=O) groups excluding carboxylic acids is 1. The summed E-state index contributed by atoms with van der Waals surface area (Å²) in [7, 11) is 3.43. The van der Waals surface area contributed by atoms with Crippen molar-refractivity contribution >= 4 is 11.6 Å². The summed E-state index contributed by atoms with van der Waals surface area (Å²) >= 11 is 0. The predicted octanol–water partition coefficient (Wildman–Crippen LogP) is 1.26. The molecule has 1 aliphatic carbocycles. The number of fused-ring (bicyclic) bond motifs is 2. The van der Waals surface area contributed by atoms with Crippen LogP contribution in [0.1, 0.15) is 24.0 Å². The van der Waals surface area contributed by atoms with Crippen LogP contribution < -0.4 is 16.2 Å². The standard InChI is InChI=1S/C19H27N3O3/c1-24-17-9-13-14(10-18(17)25-2)19(23)22-21-16(13)8-11-3-4-15-12(7-11)5-6-20-15/h3-4,7,13-14,16-18,20-21H,5-6,8-10H2,1-2H3,(H,22,23). The normalized spacial score (nSPS) is 34.0. The highest BCUT2D eigenvalue weighted by Crippen LogP contribution is 2.38. The van der Waals surface area contributed by atoms with E-state index in [0.717, 1.165) is 32.2 Å². The number of rotatable bonds is 4. The number of nitrogens with one attached hydrogen (secondary N) is 3. The van der Waals surface area contributed by atoms with Gasteiger partial charge in [0.15, 0.2) is 0 Å². The number of anilines is 1. The van der Waals surface area contributed by atoms with Crippen molar-refractivity contribution in [3.05, 3.63) is 29.3 Å². The van der Waals surface area contributed by atoms with E-state index in [-0.39, 0.29) is 36.0 Å². The van der Waals surface area contributed by atoms with E-state index in [9.17, 15) is 4.79 Å². The lowest BCUT2D eigenvalue weighted by Crippen LogP contribution is -2.63. The first-order chi connectivity index (χ1) is 12.2. The summed E-state index contributed by atoms with van der Waals surface area (Å²) in [6, 6.07) is 6.89. The molecule has 3 aliphatic rings. The van der Waals surface area contributed by atoms with E-state index in [1.165, 1.54) is 16.8 Å². The van der Waals surface area contributed by atoms with E-state index in [2.05, 4.69) is 34.4 Å². The molecule has 6 nitrogen and oxygen atoms in total. The van der Waals surface area contributed by atoms with Crippen LogP contribution in [-0.2, 0) is 27.1 Å². The van der Waals surface area contributed by atoms with E-state index in [1.54, 1.807) is 14.2 Å². The van der Waals surface area contributed by atoms with Crippen LogP contribution in [0, 0.1) is 11.8 Å². The summed E-state index contributed by atoms with van der Waals surface area (Å²) in [6.07, 6.45) is 3.59. The minimum absolute atomic E-state index is 0.0122. The first-order valence-corrected chi connectivity index (χ1v) is 9.16. The third-order valence-electron chi connectivity index (χ3n) is 6.10. The van der Waals surface area contributed by atoms with Gasteiger partial charge in [0.1, 0.15) is 0 Å². The molecule has 0 aromatic heterocycles. The van der Waals surface area contributed by atoms with Crippen molar-refractivity contribution in [3.63, 3.8) is 0 Å². The molecule has 1 aromatic rings. The highest BCUT2D eigenvalue weighted by atomic mass is 16.5. The highest BCUT2D eigenvalue weighted by molar-refractivity contribution is 5.79. The monoisotopic (exact) mass is 345 g/mol. The van der Waals surface area contributed by atoms with Gasteiger partial charge in [0.2, 0.25) is 5.91 Å². The molecule has 2 heterocycles. The smallest absolute Gasteiger partial charge is 0.237 e. The third-order valence-corrected chi connectivity index (χ3v) is 6.10. The number of hydrazine groups is 1. The van der Waals surface area contributed by atoms with Gasteiger partial charge in [0, 0.05) is 38.4 Å². The van der Waals surface area contributed by atoms with Gasteiger partial charge in [-0.25, -0.2) is 5.43 Å². The lowest BCUT2D eigenvalue weighted by Gasteiger charge is -2.46. The topological polar surface area (TPSA) is 71.6 Å². The van der Waals surface area contributed by atoms with Crippen LogP contribution in [0.15, 0.2) is 18.2 Å². The fourth-order valence-corrected chi connectivity index (χ4v) is 4.71. The van der Waals surface area contributed by atoms with Crippen molar-refractivity contribution in [2.45, 2.75) is 43.9 Å². The molecule has 1 saturated carbocycles. The molecule has 1 saturated heterocycles. The molecule has 5 atom stereocenters. The Bertz CT molecular complexity index is 651. The van der Waals surface area contributed by atoms with Crippen molar-refractivity contribution in [1.29, 1.82) is 0 Å². The number of amides is 1. The zero-order chi connectivity index (χ0) is 17.4. The zero-order valence-electron chi connectivity index (χ0n) is 14.9. The summed E-state index contributed by atoms with van der Waals surface area (Å²) in [6.45, 7) is 1.02. The van der Waals surface area contributed by atoms with Crippen LogP contribution in [-0.4, -0.2) is 44.9 Å². The number of methoxy groups -OCH3 is 2. The largest absolute Gasteiger partial charge is 0.384 e. The van der Waals surface area contributed by atoms with Crippen LogP contribution in [0.3, 0.4) is 0 Å². The van der Waals surface area contributed by atoms with Gasteiger partial charge in [-0.1, -0.05) is 12.1 Å². The first kappa shape index (κ1) is 16.8. The fourth-order valence-electron chi connectivity index (χ4n) is 4.71. The zero-order valence-corrected chi connectivity index (χ0v) is 14.9. The fraction of sp³-hybridized carbons (Fsp3) is 0.632. The van der Waals surface area contributed by atoms with Crippen molar-refractivity contribution < 1.29 is 14.3 Å². The molecule has 1 aromatic carbocycles. The number of hydrogen-bond acceptors (Lipinski definition) is 5.